The first-order chi connectivity index (χ1) is 11.3. The number of hydrogen-bond acceptors (Lipinski definition) is 6. The molecule has 1 aliphatic rings. The number of carbonyl (C=O) groups excluding carboxylic acids is 1. The van der Waals surface area contributed by atoms with Gasteiger partial charge < -0.3 is 14.8 Å². The Kier molecular flexibility index (Phi) is 5.74. The fourth-order valence-electron chi connectivity index (χ4n) is 2.83. The molecule has 0 radical (unpaired) electrons. The van der Waals surface area contributed by atoms with Crippen molar-refractivity contribution in [2.24, 2.45) is 0 Å². The van der Waals surface area contributed by atoms with Gasteiger partial charge in [0.1, 0.15) is 11.4 Å². The van der Waals surface area contributed by atoms with E-state index in [-0.39, 0.29) is 29.5 Å². The van der Waals surface area contributed by atoms with E-state index in [1.165, 1.54) is 19.2 Å². The van der Waals surface area contributed by atoms with E-state index in [0.29, 0.717) is 18.8 Å². The molecule has 24 heavy (non-hydrogen) atoms. The molecule has 132 valence electrons. The van der Waals surface area contributed by atoms with Crippen LogP contribution in [0, 0.1) is 10.1 Å². The summed E-state index contributed by atoms with van der Waals surface area (Å²) in [7, 11) is 1.43. The lowest BCUT2D eigenvalue weighted by Crippen LogP contribution is -2.52. The monoisotopic (exact) mass is 337 g/mol. The highest BCUT2D eigenvalue weighted by Gasteiger charge is 2.30. The Hall–Kier alpha value is -2.19. The van der Waals surface area contributed by atoms with Crippen molar-refractivity contribution in [1.82, 2.24) is 4.90 Å². The molecule has 1 N–H and O–H groups in total. The van der Waals surface area contributed by atoms with Crippen LogP contribution in [0.1, 0.15) is 20.8 Å². The minimum Gasteiger partial charge on any atom is -0.496 e. The maximum atomic E-state index is 12.5. The molecule has 8 heteroatoms. The fourth-order valence-corrected chi connectivity index (χ4v) is 2.83. The Morgan fingerprint density at radius 1 is 1.42 bits per heavy atom. The molecule has 0 aliphatic carbocycles. The molecule has 0 saturated carbocycles. The van der Waals surface area contributed by atoms with Crippen molar-refractivity contribution >= 4 is 17.3 Å². The van der Waals surface area contributed by atoms with Crippen molar-refractivity contribution in [3.05, 3.63) is 28.3 Å². The van der Waals surface area contributed by atoms with E-state index >= 15 is 0 Å². The first-order valence-corrected chi connectivity index (χ1v) is 7.84. The predicted molar refractivity (Wildman–Crippen MR) is 89.3 cm³/mol. The molecule has 1 amide bonds. The Labute approximate surface area is 140 Å². The Bertz CT molecular complexity index is 612. The van der Waals surface area contributed by atoms with Gasteiger partial charge >= 0.3 is 0 Å². The molecular formula is C16H23N3O5. The Morgan fingerprint density at radius 2 is 2.04 bits per heavy atom. The minimum absolute atomic E-state index is 0.0410. The van der Waals surface area contributed by atoms with Crippen LogP contribution < -0.4 is 10.1 Å². The lowest BCUT2D eigenvalue weighted by Gasteiger charge is -2.38. The molecule has 1 saturated heterocycles. The summed E-state index contributed by atoms with van der Waals surface area (Å²) in [6.07, 6.45) is 0.0821. The van der Waals surface area contributed by atoms with Crippen LogP contribution in [0.15, 0.2) is 18.2 Å². The van der Waals surface area contributed by atoms with Crippen molar-refractivity contribution < 1.29 is 19.2 Å². The summed E-state index contributed by atoms with van der Waals surface area (Å²) in [5, 5.41) is 13.9. The molecule has 3 unspecified atom stereocenters. The number of morpholine rings is 1. The van der Waals surface area contributed by atoms with Gasteiger partial charge in [-0.3, -0.25) is 19.8 Å². The van der Waals surface area contributed by atoms with Gasteiger partial charge in [0, 0.05) is 13.1 Å². The van der Waals surface area contributed by atoms with Gasteiger partial charge in [0.25, 0.3) is 5.69 Å². The number of rotatable bonds is 5. The number of carbonyl (C=O) groups is 1. The third-order valence-electron chi connectivity index (χ3n) is 4.03. The second-order valence-corrected chi connectivity index (χ2v) is 6.02. The van der Waals surface area contributed by atoms with Gasteiger partial charge in [0.15, 0.2) is 0 Å². The van der Waals surface area contributed by atoms with Crippen molar-refractivity contribution in [3.63, 3.8) is 0 Å². The summed E-state index contributed by atoms with van der Waals surface area (Å²) in [6, 6.07) is 3.93. The first-order valence-electron chi connectivity index (χ1n) is 7.84. The summed E-state index contributed by atoms with van der Waals surface area (Å²) in [6.45, 7) is 6.99. The lowest BCUT2D eigenvalue weighted by atomic mass is 10.1. The second-order valence-electron chi connectivity index (χ2n) is 6.02. The highest BCUT2D eigenvalue weighted by atomic mass is 16.6. The van der Waals surface area contributed by atoms with Crippen molar-refractivity contribution in [3.8, 4) is 5.75 Å². The summed E-state index contributed by atoms with van der Waals surface area (Å²) in [4.78, 5) is 25.2. The average molecular weight is 337 g/mol. The van der Waals surface area contributed by atoms with Gasteiger partial charge in [-0.25, -0.2) is 0 Å². The van der Waals surface area contributed by atoms with Gasteiger partial charge in [-0.15, -0.1) is 0 Å². The van der Waals surface area contributed by atoms with Crippen molar-refractivity contribution in [2.75, 3.05) is 25.5 Å². The number of methoxy groups -OCH3 is 1. The predicted octanol–water partition coefficient (Wildman–Crippen LogP) is 2.04. The summed E-state index contributed by atoms with van der Waals surface area (Å²) in [5.74, 6) is 0.0770. The van der Waals surface area contributed by atoms with Crippen LogP contribution in [-0.2, 0) is 9.53 Å². The van der Waals surface area contributed by atoms with Gasteiger partial charge in [-0.1, -0.05) is 0 Å². The standard InChI is InChI=1S/C16H23N3O5/c1-10-8-18(9-11(2)24-10)12(3)16(20)17-14-6-5-13(23-4)7-15(14)19(21)22/h5-7,10-12H,8-9H2,1-4H3,(H,17,20). The number of nitrogens with zero attached hydrogens (tertiary/aromatic N) is 2. The zero-order valence-corrected chi connectivity index (χ0v) is 14.3. The van der Waals surface area contributed by atoms with Gasteiger partial charge in [0.05, 0.1) is 36.3 Å². The normalized spacial score (nSPS) is 22.7. The van der Waals surface area contributed by atoms with E-state index in [0.717, 1.165) is 0 Å². The summed E-state index contributed by atoms with van der Waals surface area (Å²) < 4.78 is 10.7. The topological polar surface area (TPSA) is 93.9 Å². The number of anilines is 1. The molecule has 1 fully saturated rings. The van der Waals surface area contributed by atoms with Crippen molar-refractivity contribution in [1.29, 1.82) is 0 Å². The van der Waals surface area contributed by atoms with Crippen LogP contribution in [0.4, 0.5) is 11.4 Å². The number of nitro benzene ring substituents is 1. The van der Waals surface area contributed by atoms with Gasteiger partial charge in [-0.2, -0.15) is 0 Å². The molecule has 0 spiro atoms. The summed E-state index contributed by atoms with van der Waals surface area (Å²) >= 11 is 0. The quantitative estimate of drug-likeness (QED) is 0.653. The van der Waals surface area contributed by atoms with E-state index < -0.39 is 11.0 Å². The Morgan fingerprint density at radius 3 is 2.58 bits per heavy atom. The van der Waals surface area contributed by atoms with E-state index in [2.05, 4.69) is 5.32 Å². The molecule has 8 nitrogen and oxygen atoms in total. The SMILES string of the molecule is COc1ccc(NC(=O)C(C)N2CC(C)OC(C)C2)c([N+](=O)[O-])c1. The highest BCUT2D eigenvalue weighted by molar-refractivity contribution is 5.96. The number of ether oxygens (including phenoxy) is 2. The minimum atomic E-state index is -0.540. The number of nitro groups is 1. The molecule has 1 aliphatic heterocycles. The van der Waals surface area contributed by atoms with Gasteiger partial charge in [0.2, 0.25) is 5.91 Å². The molecule has 0 aromatic heterocycles. The highest BCUT2D eigenvalue weighted by Crippen LogP contribution is 2.29. The molecule has 3 atom stereocenters. The molecular weight excluding hydrogens is 314 g/mol. The zero-order chi connectivity index (χ0) is 17.9. The molecule has 1 aromatic rings. The van der Waals surface area contributed by atoms with Crippen LogP contribution in [0.25, 0.3) is 0 Å². The zero-order valence-electron chi connectivity index (χ0n) is 14.3. The maximum absolute atomic E-state index is 12.5. The average Bonchev–Trinajstić information content (AvgIpc) is 2.53. The Balaban J connectivity index is 2.12. The molecule has 2 rings (SSSR count). The molecule has 0 bridgehead atoms. The third kappa shape index (κ3) is 4.21. The van der Waals surface area contributed by atoms with Crippen LogP contribution in [-0.4, -0.2) is 54.2 Å². The van der Waals surface area contributed by atoms with E-state index in [1.807, 2.05) is 18.7 Å². The maximum Gasteiger partial charge on any atom is 0.296 e. The number of amides is 1. The van der Waals surface area contributed by atoms with Gasteiger partial charge in [-0.05, 0) is 32.9 Å². The van der Waals surface area contributed by atoms with Crippen molar-refractivity contribution in [2.45, 2.75) is 39.0 Å². The van der Waals surface area contributed by atoms with E-state index in [1.54, 1.807) is 13.0 Å². The van der Waals surface area contributed by atoms with Crippen LogP contribution in [0.5, 0.6) is 5.75 Å². The lowest BCUT2D eigenvalue weighted by molar-refractivity contribution is -0.384. The van der Waals surface area contributed by atoms with E-state index in [4.69, 9.17) is 9.47 Å². The third-order valence-corrected chi connectivity index (χ3v) is 4.03. The smallest absolute Gasteiger partial charge is 0.296 e. The number of benzene rings is 1. The second kappa shape index (κ2) is 7.59. The van der Waals surface area contributed by atoms with Crippen LogP contribution in [0.2, 0.25) is 0 Å². The number of hydrogen-bond donors (Lipinski definition) is 1. The van der Waals surface area contributed by atoms with Crippen LogP contribution in [0.3, 0.4) is 0 Å². The largest absolute Gasteiger partial charge is 0.496 e. The molecule has 1 heterocycles. The summed E-state index contributed by atoms with van der Waals surface area (Å²) in [5.41, 5.74) is -0.0365. The first kappa shape index (κ1) is 18.2. The fraction of sp³-hybridized carbons (Fsp3) is 0.562. The van der Waals surface area contributed by atoms with E-state index in [9.17, 15) is 14.9 Å². The number of nitrogens with one attached hydrogen (secondary N) is 1. The molecule has 1 aromatic carbocycles. The van der Waals surface area contributed by atoms with Crippen LogP contribution >= 0.6 is 0 Å².